The Morgan fingerprint density at radius 2 is 1.50 bits per heavy atom. The number of alkyl halides is 6. The van der Waals surface area contributed by atoms with Gasteiger partial charge in [0.05, 0.1) is 22.9 Å². The Kier molecular flexibility index (Phi) is 6.04. The summed E-state index contributed by atoms with van der Waals surface area (Å²) in [6.07, 6.45) is -10.6. The molecule has 1 N–H and O–H groups in total. The molecule has 0 saturated carbocycles. The van der Waals surface area contributed by atoms with Gasteiger partial charge >= 0.3 is 12.4 Å². The third-order valence-electron chi connectivity index (χ3n) is 2.98. The van der Waals surface area contributed by atoms with E-state index in [1.165, 1.54) is 6.92 Å². The molecule has 1 rings (SSSR count). The van der Waals surface area contributed by atoms with Crippen molar-refractivity contribution < 1.29 is 39.6 Å². The molecule has 0 bridgehead atoms. The van der Waals surface area contributed by atoms with Crippen molar-refractivity contribution in [1.82, 2.24) is 4.72 Å². The minimum Gasteiger partial charge on any atom is -0.302 e. The zero-order chi connectivity index (χ0) is 18.8. The van der Waals surface area contributed by atoms with Gasteiger partial charge in [-0.1, -0.05) is 0 Å². The maximum Gasteiger partial charge on any atom is 0.416 e. The third kappa shape index (κ3) is 5.78. The Bertz CT molecular complexity index is 664. The van der Waals surface area contributed by atoms with Crippen LogP contribution < -0.4 is 4.72 Å². The average molecular weight is 377 g/mol. The van der Waals surface area contributed by atoms with Crippen LogP contribution in [-0.4, -0.2) is 26.5 Å². The lowest BCUT2D eigenvalue weighted by atomic mass is 10.0. The van der Waals surface area contributed by atoms with Gasteiger partial charge in [-0.3, -0.25) is 0 Å². The fourth-order valence-electron chi connectivity index (χ4n) is 1.82. The maximum absolute atomic E-state index is 12.7. The van der Waals surface area contributed by atoms with Crippen molar-refractivity contribution in [2.45, 2.75) is 31.7 Å². The third-order valence-corrected chi connectivity index (χ3v) is 4.40. The van der Waals surface area contributed by atoms with Crippen LogP contribution in [0.2, 0.25) is 0 Å². The van der Waals surface area contributed by atoms with Crippen LogP contribution >= 0.6 is 0 Å². The van der Waals surface area contributed by atoms with E-state index in [4.69, 9.17) is 0 Å². The van der Waals surface area contributed by atoms with E-state index in [0.717, 1.165) is 0 Å². The molecule has 0 unspecified atom stereocenters. The number of benzene rings is 1. The summed E-state index contributed by atoms with van der Waals surface area (Å²) in [5, 5.41) is 0. The van der Waals surface area contributed by atoms with Crippen molar-refractivity contribution in [2.24, 2.45) is 0 Å². The summed E-state index contributed by atoms with van der Waals surface area (Å²) >= 11 is 0. The molecule has 0 aromatic heterocycles. The molecule has 0 aliphatic heterocycles. The first-order valence-electron chi connectivity index (χ1n) is 6.52. The van der Waals surface area contributed by atoms with E-state index in [9.17, 15) is 39.6 Å². The van der Waals surface area contributed by atoms with Gasteiger partial charge in [-0.15, -0.1) is 0 Å². The second-order valence-corrected chi connectivity index (χ2v) is 6.92. The Morgan fingerprint density at radius 1 is 1.04 bits per heavy atom. The summed E-state index contributed by atoms with van der Waals surface area (Å²) in [6, 6.07) is -0.618. The zero-order valence-electron chi connectivity index (χ0n) is 12.2. The van der Waals surface area contributed by atoms with Crippen LogP contribution in [0.4, 0.5) is 26.3 Å². The van der Waals surface area contributed by atoms with E-state index in [-0.39, 0.29) is 12.4 Å². The second-order valence-electron chi connectivity index (χ2n) is 4.88. The van der Waals surface area contributed by atoms with E-state index in [1.54, 1.807) is 0 Å². The van der Waals surface area contributed by atoms with Gasteiger partial charge < -0.3 is 4.79 Å². The quantitative estimate of drug-likeness (QED) is 0.613. The number of rotatable bonds is 6. The molecule has 4 nitrogen and oxygen atoms in total. The Balaban J connectivity index is 3.25. The lowest BCUT2D eigenvalue weighted by Crippen LogP contribution is -2.38. The Labute approximate surface area is 133 Å². The summed E-state index contributed by atoms with van der Waals surface area (Å²) in [5.74, 6) is -0.395. The number of aldehydes is 1. The average Bonchev–Trinajstić information content (AvgIpc) is 2.44. The van der Waals surface area contributed by atoms with Crippen molar-refractivity contribution in [2.75, 3.05) is 5.75 Å². The number of hydrogen-bond acceptors (Lipinski definition) is 3. The van der Waals surface area contributed by atoms with Crippen LogP contribution in [0, 0.1) is 0 Å². The molecule has 0 aliphatic rings. The van der Waals surface area contributed by atoms with Gasteiger partial charge in [0.2, 0.25) is 10.0 Å². The fourth-order valence-corrected chi connectivity index (χ4v) is 2.59. The minimum absolute atomic E-state index is 0.0460. The predicted octanol–water partition coefficient (Wildman–Crippen LogP) is 2.77. The largest absolute Gasteiger partial charge is 0.416 e. The smallest absolute Gasteiger partial charge is 0.302 e. The summed E-state index contributed by atoms with van der Waals surface area (Å²) in [4.78, 5) is 10.9. The van der Waals surface area contributed by atoms with Gasteiger partial charge in [0, 0.05) is 0 Å². The van der Waals surface area contributed by atoms with Gasteiger partial charge in [0.25, 0.3) is 0 Å². The number of carbonyl (C=O) groups excluding carboxylic acids is 1. The summed E-state index contributed by atoms with van der Waals surface area (Å²) in [6.45, 7) is 1.26. The zero-order valence-corrected chi connectivity index (χ0v) is 13.0. The summed E-state index contributed by atoms with van der Waals surface area (Å²) < 4.78 is 101. The molecule has 11 heteroatoms. The summed E-state index contributed by atoms with van der Waals surface area (Å²) in [7, 11) is -3.85. The van der Waals surface area contributed by atoms with E-state index in [2.05, 4.69) is 0 Å². The number of halogens is 6. The van der Waals surface area contributed by atoms with Crippen molar-refractivity contribution in [3.8, 4) is 0 Å². The van der Waals surface area contributed by atoms with Gasteiger partial charge in [0.15, 0.2) is 0 Å². The van der Waals surface area contributed by atoms with Crippen LogP contribution in [-0.2, 0) is 33.6 Å². The second kappa shape index (κ2) is 7.09. The summed E-state index contributed by atoms with van der Waals surface area (Å²) in [5.41, 5.74) is -3.53. The molecule has 0 aliphatic carbocycles. The molecule has 24 heavy (non-hydrogen) atoms. The highest BCUT2D eigenvalue weighted by atomic mass is 32.2. The highest BCUT2D eigenvalue weighted by Gasteiger charge is 2.37. The number of hydrogen-bond donors (Lipinski definition) is 1. The molecule has 0 spiro atoms. The highest BCUT2D eigenvalue weighted by Crippen LogP contribution is 2.36. The van der Waals surface area contributed by atoms with Gasteiger partial charge in [-0.25, -0.2) is 13.1 Å². The van der Waals surface area contributed by atoms with Crippen LogP contribution in [0.1, 0.15) is 23.6 Å². The molecule has 0 radical (unpaired) electrons. The standard InChI is InChI=1S/C13H13F6NO3S/c1-2-24(22,23)20-11(7-21)5-8-3-9(12(14,15)16)6-10(4-8)13(17,18)19/h3-4,6-7,11,20H,2,5H2,1H3/t11-/m1/s1. The minimum atomic E-state index is -5.02. The molecule has 0 saturated heterocycles. The molecule has 1 aromatic carbocycles. The monoisotopic (exact) mass is 377 g/mol. The molecule has 0 amide bonds. The number of carbonyl (C=O) groups is 1. The normalized spacial score (nSPS) is 14.5. The maximum atomic E-state index is 12.7. The molecule has 0 heterocycles. The number of sulfonamides is 1. The molecular formula is C13H13F6NO3S. The first kappa shape index (κ1) is 20.4. The van der Waals surface area contributed by atoms with Crippen LogP contribution in [0.25, 0.3) is 0 Å². The van der Waals surface area contributed by atoms with E-state index >= 15 is 0 Å². The van der Waals surface area contributed by atoms with Gasteiger partial charge in [0.1, 0.15) is 6.29 Å². The lowest BCUT2D eigenvalue weighted by Gasteiger charge is -2.16. The van der Waals surface area contributed by atoms with E-state index in [1.807, 2.05) is 4.72 Å². The van der Waals surface area contributed by atoms with Crippen molar-refractivity contribution in [1.29, 1.82) is 0 Å². The Morgan fingerprint density at radius 3 is 1.83 bits per heavy atom. The van der Waals surface area contributed by atoms with Crippen molar-refractivity contribution >= 4 is 16.3 Å². The van der Waals surface area contributed by atoms with Gasteiger partial charge in [-0.2, -0.15) is 26.3 Å². The first-order chi connectivity index (χ1) is 10.8. The van der Waals surface area contributed by atoms with Crippen LogP contribution in [0.15, 0.2) is 18.2 Å². The van der Waals surface area contributed by atoms with Crippen molar-refractivity contribution in [3.05, 3.63) is 34.9 Å². The SMILES string of the molecule is CCS(=O)(=O)N[C@@H](C=O)Cc1cc(C(F)(F)F)cc(C(F)(F)F)c1. The topological polar surface area (TPSA) is 63.2 Å². The van der Waals surface area contributed by atoms with Crippen LogP contribution in [0.3, 0.4) is 0 Å². The molecular weight excluding hydrogens is 364 g/mol. The van der Waals surface area contributed by atoms with Crippen molar-refractivity contribution in [3.63, 3.8) is 0 Å². The van der Waals surface area contributed by atoms with Gasteiger partial charge in [-0.05, 0) is 37.1 Å². The fraction of sp³-hybridized carbons (Fsp3) is 0.462. The highest BCUT2D eigenvalue weighted by molar-refractivity contribution is 7.89. The Hall–Kier alpha value is -1.62. The molecule has 1 aromatic rings. The first-order valence-corrected chi connectivity index (χ1v) is 8.17. The molecule has 136 valence electrons. The van der Waals surface area contributed by atoms with Crippen LogP contribution in [0.5, 0.6) is 0 Å². The lowest BCUT2D eigenvalue weighted by molar-refractivity contribution is -0.143. The van der Waals surface area contributed by atoms with E-state index < -0.39 is 57.3 Å². The molecule has 1 atom stereocenters. The molecule has 0 fully saturated rings. The van der Waals surface area contributed by atoms with E-state index in [0.29, 0.717) is 12.1 Å². The number of nitrogens with one attached hydrogen (secondary N) is 1. The predicted molar refractivity (Wildman–Crippen MR) is 72.6 cm³/mol.